The standard InChI is InChI=1S/C48H27N3Se2/c49-28-35(29-50)48-37-14-8-7-13-36(37)39-27-34(15-18-38(39)48)44-21-22-45(52-44)46-23-24-47(53-46)51-42-19-16-32(30-9-3-1-4-10-30)25-40(42)41-26-33(17-20-43(41)51)31-11-5-2-6-12-31/h1-27H. The van der Waals surface area contributed by atoms with Crippen LogP contribution in [0, 0.1) is 22.7 Å². The molecule has 10 rings (SSSR count). The topological polar surface area (TPSA) is 52.5 Å². The van der Waals surface area contributed by atoms with Crippen molar-refractivity contribution >= 4 is 56.4 Å². The van der Waals surface area contributed by atoms with E-state index >= 15 is 0 Å². The van der Waals surface area contributed by atoms with Gasteiger partial charge in [0, 0.05) is 0 Å². The van der Waals surface area contributed by atoms with E-state index < -0.39 is 0 Å². The van der Waals surface area contributed by atoms with Crippen molar-refractivity contribution in [2.45, 2.75) is 0 Å². The Morgan fingerprint density at radius 2 is 0.943 bits per heavy atom. The van der Waals surface area contributed by atoms with Crippen LogP contribution >= 0.6 is 0 Å². The van der Waals surface area contributed by atoms with E-state index in [4.69, 9.17) is 0 Å². The van der Waals surface area contributed by atoms with Crippen molar-refractivity contribution < 1.29 is 0 Å². The molecule has 0 N–H and O–H groups in total. The number of aromatic nitrogens is 1. The van der Waals surface area contributed by atoms with Crippen molar-refractivity contribution in [2.24, 2.45) is 0 Å². The van der Waals surface area contributed by atoms with E-state index in [0.717, 1.165) is 27.8 Å². The molecule has 3 heterocycles. The Hall–Kier alpha value is -6.16. The SMILES string of the molecule is N#CC(C#N)=C1c2ccccc2-c2cc(-c3ccc(-c4ccc(-n5c6ccc(-c7ccccc7)cc6c6cc(-c7ccccc7)ccc65)[se]4)[se]3)ccc21. The molecule has 9 aromatic rings. The van der Waals surface area contributed by atoms with E-state index in [0.29, 0.717) is 0 Å². The number of nitrogens with zero attached hydrogens (tertiary/aromatic N) is 3. The van der Waals surface area contributed by atoms with Crippen LogP contribution < -0.4 is 0 Å². The predicted octanol–water partition coefficient (Wildman–Crippen LogP) is 11.4. The van der Waals surface area contributed by atoms with Crippen molar-refractivity contribution in [1.29, 1.82) is 10.5 Å². The third kappa shape index (κ3) is 5.23. The number of hydrogen-bond acceptors (Lipinski definition) is 2. The van der Waals surface area contributed by atoms with E-state index in [1.54, 1.807) is 0 Å². The summed E-state index contributed by atoms with van der Waals surface area (Å²) in [6.07, 6.45) is 0. The van der Waals surface area contributed by atoms with Crippen LogP contribution in [0.3, 0.4) is 0 Å². The number of rotatable bonds is 5. The van der Waals surface area contributed by atoms with E-state index in [9.17, 15) is 10.5 Å². The Morgan fingerprint density at radius 1 is 0.415 bits per heavy atom. The second-order valence-electron chi connectivity index (χ2n) is 13.1. The molecule has 246 valence electrons. The van der Waals surface area contributed by atoms with Crippen molar-refractivity contribution in [2.75, 3.05) is 0 Å². The van der Waals surface area contributed by atoms with Gasteiger partial charge in [-0.15, -0.1) is 0 Å². The molecule has 53 heavy (non-hydrogen) atoms. The molecular formula is C48H27N3Se2. The van der Waals surface area contributed by atoms with Crippen LogP contribution in [0.1, 0.15) is 11.1 Å². The normalized spacial score (nSPS) is 11.7. The van der Waals surface area contributed by atoms with Crippen molar-refractivity contribution in [3.63, 3.8) is 0 Å². The van der Waals surface area contributed by atoms with E-state index in [2.05, 4.69) is 162 Å². The maximum absolute atomic E-state index is 9.74. The van der Waals surface area contributed by atoms with Crippen molar-refractivity contribution in [3.8, 4) is 69.0 Å². The third-order valence-corrected chi connectivity index (χ3v) is 15.6. The van der Waals surface area contributed by atoms with Crippen molar-refractivity contribution in [3.05, 3.63) is 180 Å². The Balaban J connectivity index is 1.05. The second-order valence-corrected chi connectivity index (χ2v) is 17.6. The van der Waals surface area contributed by atoms with Crippen LogP contribution in [0.4, 0.5) is 0 Å². The summed E-state index contributed by atoms with van der Waals surface area (Å²) in [5, 5.41) is 22.0. The third-order valence-electron chi connectivity index (χ3n) is 10.2. The summed E-state index contributed by atoms with van der Waals surface area (Å²) in [6, 6.07) is 63.3. The van der Waals surface area contributed by atoms with Crippen LogP contribution in [-0.2, 0) is 0 Å². The molecule has 3 aromatic heterocycles. The monoisotopic (exact) mass is 805 g/mol. The first kappa shape index (κ1) is 31.6. The van der Waals surface area contributed by atoms with Gasteiger partial charge in [0.25, 0.3) is 0 Å². The molecule has 0 fully saturated rings. The molecule has 0 spiro atoms. The van der Waals surface area contributed by atoms with Crippen LogP contribution in [0.15, 0.2) is 169 Å². The molecule has 0 amide bonds. The summed E-state index contributed by atoms with van der Waals surface area (Å²) in [6.45, 7) is 0. The maximum atomic E-state index is 9.74. The zero-order chi connectivity index (χ0) is 35.5. The number of hydrogen-bond donors (Lipinski definition) is 0. The summed E-state index contributed by atoms with van der Waals surface area (Å²) in [4.78, 5) is 0. The first-order chi connectivity index (χ1) is 26.2. The van der Waals surface area contributed by atoms with Crippen LogP contribution in [0.25, 0.3) is 84.2 Å². The predicted molar refractivity (Wildman–Crippen MR) is 219 cm³/mol. The molecule has 5 heteroatoms. The summed E-state index contributed by atoms with van der Waals surface area (Å²) in [5.41, 5.74) is 13.6. The van der Waals surface area contributed by atoms with Gasteiger partial charge in [0.15, 0.2) is 0 Å². The zero-order valence-electron chi connectivity index (χ0n) is 28.2. The fraction of sp³-hybridized carbons (Fsp3) is 0. The second kappa shape index (κ2) is 12.8. The van der Waals surface area contributed by atoms with Gasteiger partial charge < -0.3 is 0 Å². The van der Waals surface area contributed by atoms with Gasteiger partial charge in [-0.2, -0.15) is 0 Å². The van der Waals surface area contributed by atoms with Gasteiger partial charge in [-0.25, -0.2) is 0 Å². The quantitative estimate of drug-likeness (QED) is 0.129. The Kier molecular flexibility index (Phi) is 7.63. The summed E-state index contributed by atoms with van der Waals surface area (Å²) in [5.74, 6) is 0. The molecule has 0 radical (unpaired) electrons. The van der Waals surface area contributed by atoms with Gasteiger partial charge in [0.05, 0.1) is 0 Å². The van der Waals surface area contributed by atoms with E-state index in [1.807, 2.05) is 18.2 Å². The first-order valence-corrected chi connectivity index (χ1v) is 20.8. The molecule has 3 nitrogen and oxygen atoms in total. The number of nitriles is 2. The average Bonchev–Trinajstić information content (AvgIpc) is 4.03. The van der Waals surface area contributed by atoms with Gasteiger partial charge >= 0.3 is 321 Å². The van der Waals surface area contributed by atoms with E-state index in [-0.39, 0.29) is 34.6 Å². The molecule has 1 aliphatic rings. The number of fused-ring (bicyclic) bond motifs is 6. The van der Waals surface area contributed by atoms with Gasteiger partial charge in [0.1, 0.15) is 0 Å². The van der Waals surface area contributed by atoms with Crippen LogP contribution in [0.5, 0.6) is 0 Å². The molecule has 0 atom stereocenters. The van der Waals surface area contributed by atoms with Crippen molar-refractivity contribution in [1.82, 2.24) is 4.57 Å². The molecular weight excluding hydrogens is 776 g/mol. The van der Waals surface area contributed by atoms with E-state index in [1.165, 1.54) is 67.5 Å². The molecule has 1 aliphatic carbocycles. The van der Waals surface area contributed by atoms with Gasteiger partial charge in [-0.1, -0.05) is 0 Å². The molecule has 0 aliphatic heterocycles. The van der Waals surface area contributed by atoms with Gasteiger partial charge in [0.2, 0.25) is 0 Å². The van der Waals surface area contributed by atoms with Crippen LogP contribution in [0.2, 0.25) is 0 Å². The number of allylic oxidation sites excluding steroid dienone is 1. The first-order valence-electron chi connectivity index (χ1n) is 17.4. The Morgan fingerprint density at radius 3 is 1.58 bits per heavy atom. The zero-order valence-corrected chi connectivity index (χ0v) is 31.7. The van der Waals surface area contributed by atoms with Gasteiger partial charge in [-0.3, -0.25) is 0 Å². The average molecular weight is 804 g/mol. The minimum atomic E-state index is 0.132. The summed E-state index contributed by atoms with van der Waals surface area (Å²) < 4.78 is 8.04. The molecule has 0 unspecified atom stereocenters. The fourth-order valence-corrected chi connectivity index (χ4v) is 12.6. The molecule has 6 aromatic carbocycles. The minimum absolute atomic E-state index is 0.132. The number of benzene rings is 6. The summed E-state index contributed by atoms with van der Waals surface area (Å²) >= 11 is 0.288. The molecule has 0 bridgehead atoms. The Bertz CT molecular complexity index is 2900. The Labute approximate surface area is 319 Å². The van der Waals surface area contributed by atoms with Gasteiger partial charge in [-0.05, 0) is 0 Å². The molecule has 0 saturated carbocycles. The van der Waals surface area contributed by atoms with Crippen LogP contribution in [-0.4, -0.2) is 33.6 Å². The molecule has 0 saturated heterocycles. The fourth-order valence-electron chi connectivity index (χ4n) is 7.71. The summed E-state index contributed by atoms with van der Waals surface area (Å²) in [7, 11) is 0.